The predicted octanol–water partition coefficient (Wildman–Crippen LogP) is 2.73. The zero-order valence-electron chi connectivity index (χ0n) is 5.91. The van der Waals surface area contributed by atoms with Crippen molar-refractivity contribution in [3.8, 4) is 0 Å². The van der Waals surface area contributed by atoms with Gasteiger partial charge in [-0.15, -0.1) is 0 Å². The summed E-state index contributed by atoms with van der Waals surface area (Å²) in [5.41, 5.74) is 0. The molecule has 0 saturated carbocycles. The van der Waals surface area contributed by atoms with Crippen LogP contribution >= 0.6 is 0 Å². The molecule has 0 radical (unpaired) electrons. The molecule has 0 aromatic carbocycles. The zero-order chi connectivity index (χ0) is 5.91. The van der Waals surface area contributed by atoms with Crippen molar-refractivity contribution < 1.29 is 0 Å². The third-order valence-corrected chi connectivity index (χ3v) is 9.95. The van der Waals surface area contributed by atoms with Crippen LogP contribution in [0.25, 0.3) is 0 Å². The minimum atomic E-state index is -1.08. The summed E-state index contributed by atoms with van der Waals surface area (Å²) >= 11 is -1.08. The van der Waals surface area contributed by atoms with Gasteiger partial charge in [-0.1, -0.05) is 0 Å². The fraction of sp³-hybridized carbons (Fsp3) is 1.00. The molecule has 0 spiro atoms. The van der Waals surface area contributed by atoms with E-state index in [1.54, 1.807) is 0 Å². The van der Waals surface area contributed by atoms with Crippen LogP contribution in [-0.4, -0.2) is 13.3 Å². The van der Waals surface area contributed by atoms with E-state index in [2.05, 4.69) is 25.4 Å². The van der Waals surface area contributed by atoms with Crippen molar-refractivity contribution in [1.82, 2.24) is 0 Å². The summed E-state index contributed by atoms with van der Waals surface area (Å²) in [6, 6.07) is 0. The Morgan fingerprint density at radius 3 is 1.29 bits per heavy atom. The van der Waals surface area contributed by atoms with Crippen molar-refractivity contribution in [3.05, 3.63) is 0 Å². The van der Waals surface area contributed by atoms with Crippen LogP contribution in [0.5, 0.6) is 0 Å². The molecule has 0 aliphatic carbocycles. The van der Waals surface area contributed by atoms with Gasteiger partial charge in [-0.3, -0.25) is 0 Å². The SMILES string of the molecule is C[CH2][Ge]([CH3])([CH3])[CH2]C. The second-order valence-corrected chi connectivity index (χ2v) is 14.9. The molecule has 0 bridgehead atoms. The van der Waals surface area contributed by atoms with Crippen molar-refractivity contribution in [2.75, 3.05) is 0 Å². The van der Waals surface area contributed by atoms with Gasteiger partial charge in [-0.05, 0) is 0 Å². The maximum absolute atomic E-state index is 2.49. The average molecular weight is 161 g/mol. The van der Waals surface area contributed by atoms with E-state index in [-0.39, 0.29) is 0 Å². The quantitative estimate of drug-likeness (QED) is 0.546. The van der Waals surface area contributed by atoms with Gasteiger partial charge in [0, 0.05) is 0 Å². The average Bonchev–Trinajstić information content (AvgIpc) is 1.68. The summed E-state index contributed by atoms with van der Waals surface area (Å²) in [4.78, 5) is 0. The molecule has 0 amide bonds. The van der Waals surface area contributed by atoms with Crippen molar-refractivity contribution >= 4 is 13.3 Å². The normalized spacial score (nSPS) is 12.0. The van der Waals surface area contributed by atoms with Gasteiger partial charge < -0.3 is 0 Å². The number of hydrogen-bond donors (Lipinski definition) is 0. The minimum absolute atomic E-state index is 1.08. The molecule has 1 heteroatoms. The van der Waals surface area contributed by atoms with Crippen LogP contribution in [0, 0.1) is 0 Å². The Labute approximate surface area is 49.7 Å². The molecule has 0 saturated heterocycles. The standard InChI is InChI=1S/C6H16Ge/c1-5-7(3,4)6-2/h5-6H2,1-4H3. The summed E-state index contributed by atoms with van der Waals surface area (Å²) in [6.45, 7) is 4.65. The number of hydrogen-bond acceptors (Lipinski definition) is 0. The molecule has 0 aromatic rings. The second-order valence-electron chi connectivity index (χ2n) is 2.87. The van der Waals surface area contributed by atoms with E-state index in [4.69, 9.17) is 0 Å². The molecule has 0 aliphatic rings. The van der Waals surface area contributed by atoms with E-state index in [1.165, 1.54) is 10.5 Å². The zero-order valence-corrected chi connectivity index (χ0v) is 8.01. The van der Waals surface area contributed by atoms with Gasteiger partial charge in [0.1, 0.15) is 0 Å². The van der Waals surface area contributed by atoms with Crippen LogP contribution in [0.15, 0.2) is 0 Å². The summed E-state index contributed by atoms with van der Waals surface area (Å²) in [5, 5.41) is 2.97. The second kappa shape index (κ2) is 2.75. The van der Waals surface area contributed by atoms with Gasteiger partial charge in [0.25, 0.3) is 0 Å². The Morgan fingerprint density at radius 1 is 1.00 bits per heavy atom. The molecular weight excluding hydrogens is 145 g/mol. The predicted molar refractivity (Wildman–Crippen MR) is 38.4 cm³/mol. The van der Waals surface area contributed by atoms with E-state index >= 15 is 0 Å². The molecule has 0 aromatic heterocycles. The Hall–Kier alpha value is 0.543. The van der Waals surface area contributed by atoms with Crippen molar-refractivity contribution in [3.63, 3.8) is 0 Å². The van der Waals surface area contributed by atoms with Gasteiger partial charge in [-0.2, -0.15) is 0 Å². The topological polar surface area (TPSA) is 0 Å². The van der Waals surface area contributed by atoms with Crippen LogP contribution in [0.3, 0.4) is 0 Å². The first-order chi connectivity index (χ1) is 3.12. The first kappa shape index (κ1) is 7.54. The van der Waals surface area contributed by atoms with Crippen molar-refractivity contribution in [1.29, 1.82) is 0 Å². The number of rotatable bonds is 2. The molecular formula is C6H16Ge. The third kappa shape index (κ3) is 3.15. The Kier molecular flexibility index (Phi) is 2.97. The van der Waals surface area contributed by atoms with Gasteiger partial charge in [0.2, 0.25) is 0 Å². The molecule has 0 fully saturated rings. The first-order valence-electron chi connectivity index (χ1n) is 3.12. The molecule has 7 heavy (non-hydrogen) atoms. The molecule has 0 heterocycles. The Balaban J connectivity index is 3.36. The molecule has 0 aliphatic heterocycles. The third-order valence-electron chi connectivity index (χ3n) is 1.91. The molecule has 0 rings (SSSR count). The van der Waals surface area contributed by atoms with E-state index in [1.807, 2.05) is 0 Å². The molecule has 0 atom stereocenters. The van der Waals surface area contributed by atoms with Gasteiger partial charge >= 0.3 is 49.1 Å². The van der Waals surface area contributed by atoms with E-state index < -0.39 is 13.3 Å². The van der Waals surface area contributed by atoms with Crippen LogP contribution < -0.4 is 0 Å². The van der Waals surface area contributed by atoms with Crippen LogP contribution in [0.4, 0.5) is 0 Å². The van der Waals surface area contributed by atoms with Crippen molar-refractivity contribution in [2.45, 2.75) is 35.9 Å². The van der Waals surface area contributed by atoms with Crippen LogP contribution in [0.1, 0.15) is 13.8 Å². The van der Waals surface area contributed by atoms with Crippen molar-refractivity contribution in [2.24, 2.45) is 0 Å². The van der Waals surface area contributed by atoms with E-state index in [9.17, 15) is 0 Å². The summed E-state index contributed by atoms with van der Waals surface area (Å²) in [5.74, 6) is 4.97. The summed E-state index contributed by atoms with van der Waals surface area (Å²) in [7, 11) is 0. The Bertz CT molecular complexity index is 42.1. The monoisotopic (exact) mass is 162 g/mol. The van der Waals surface area contributed by atoms with E-state index in [0.29, 0.717) is 0 Å². The van der Waals surface area contributed by atoms with E-state index in [0.717, 1.165) is 0 Å². The summed E-state index contributed by atoms with van der Waals surface area (Å²) in [6.07, 6.45) is 0. The Morgan fingerprint density at radius 2 is 1.29 bits per heavy atom. The maximum atomic E-state index is 2.49. The van der Waals surface area contributed by atoms with Gasteiger partial charge in [0.05, 0.1) is 0 Å². The molecule has 0 unspecified atom stereocenters. The fourth-order valence-corrected chi connectivity index (χ4v) is 1.30. The summed E-state index contributed by atoms with van der Waals surface area (Å²) < 4.78 is 0. The van der Waals surface area contributed by atoms with Crippen LogP contribution in [-0.2, 0) is 0 Å². The molecule has 0 nitrogen and oxygen atoms in total. The van der Waals surface area contributed by atoms with Gasteiger partial charge in [0.15, 0.2) is 0 Å². The van der Waals surface area contributed by atoms with Crippen LogP contribution in [0.2, 0.25) is 22.0 Å². The van der Waals surface area contributed by atoms with Gasteiger partial charge in [-0.25, -0.2) is 0 Å². The first-order valence-corrected chi connectivity index (χ1v) is 10.3. The fourth-order valence-electron chi connectivity index (χ4n) is 0.250. The molecule has 0 N–H and O–H groups in total. The molecule has 44 valence electrons.